The number of hydrogen-bond acceptors (Lipinski definition) is 9. The van der Waals surface area contributed by atoms with Gasteiger partial charge in [-0.2, -0.15) is 0 Å². The minimum absolute atomic E-state index is 0.0614. The second-order valence-corrected chi connectivity index (χ2v) is 16.7. The van der Waals surface area contributed by atoms with Crippen LogP contribution < -0.4 is 15.7 Å². The molecule has 2 aromatic heterocycles. The fourth-order valence-electron chi connectivity index (χ4n) is 6.28. The van der Waals surface area contributed by atoms with E-state index >= 15 is 0 Å². The molecule has 3 heterocycles. The van der Waals surface area contributed by atoms with Gasteiger partial charge in [-0.1, -0.05) is 99.6 Å². The number of aliphatic hydroxyl groups excluding tert-OH is 1. The van der Waals surface area contributed by atoms with Crippen molar-refractivity contribution in [2.75, 3.05) is 18.5 Å². The second kappa shape index (κ2) is 13.6. The number of ether oxygens (including phenoxy) is 2. The lowest BCUT2D eigenvalue weighted by Gasteiger charge is -2.43. The average Bonchev–Trinajstić information content (AvgIpc) is 3.65. The molecule has 4 atom stereocenters. The fourth-order valence-corrected chi connectivity index (χ4v) is 10.8. The molecule has 1 amide bonds. The van der Waals surface area contributed by atoms with Gasteiger partial charge in [0.2, 0.25) is 0 Å². The van der Waals surface area contributed by atoms with Crippen molar-refractivity contribution in [2.24, 2.45) is 0 Å². The molecule has 1 fully saturated rings. The largest absolute Gasteiger partial charge is 0.405 e. The Balaban J connectivity index is 1.32. The molecule has 47 heavy (non-hydrogen) atoms. The lowest BCUT2D eigenvalue weighted by atomic mass is 10.1. The van der Waals surface area contributed by atoms with Gasteiger partial charge in [-0.15, -0.1) is 0 Å². The van der Waals surface area contributed by atoms with Crippen LogP contribution in [0.25, 0.3) is 11.2 Å². The molecule has 3 aromatic carbocycles. The first kappa shape index (κ1) is 32.4. The Labute approximate surface area is 273 Å². The van der Waals surface area contributed by atoms with Crippen molar-refractivity contribution < 1.29 is 28.6 Å². The fraction of sp³-hybridized carbons (Fsp3) is 0.286. The minimum atomic E-state index is -2.95. The van der Waals surface area contributed by atoms with Gasteiger partial charge in [0.1, 0.15) is 37.5 Å². The number of fused-ring (bicyclic) bond motifs is 1. The maximum Gasteiger partial charge on any atom is 0.261 e. The Bertz CT molecular complexity index is 1780. The van der Waals surface area contributed by atoms with E-state index in [4.69, 9.17) is 13.9 Å². The van der Waals surface area contributed by atoms with E-state index in [0.29, 0.717) is 23.0 Å². The lowest BCUT2D eigenvalue weighted by molar-refractivity contribution is -0.119. The van der Waals surface area contributed by atoms with Crippen LogP contribution in [0.3, 0.4) is 0 Å². The molecular weight excluding hydrogens is 615 g/mol. The van der Waals surface area contributed by atoms with Gasteiger partial charge >= 0.3 is 0 Å². The summed E-state index contributed by atoms with van der Waals surface area (Å²) in [4.78, 5) is 37.4. The van der Waals surface area contributed by atoms with E-state index in [1.165, 1.54) is 12.7 Å². The highest BCUT2D eigenvalue weighted by Crippen LogP contribution is 2.39. The first-order valence-electron chi connectivity index (χ1n) is 15.4. The van der Waals surface area contributed by atoms with Crippen molar-refractivity contribution in [1.82, 2.24) is 19.5 Å². The number of rotatable bonds is 11. The van der Waals surface area contributed by atoms with Crippen LogP contribution in [0.1, 0.15) is 37.4 Å². The predicted molar refractivity (Wildman–Crippen MR) is 179 cm³/mol. The molecule has 2 N–H and O–H groups in total. The summed E-state index contributed by atoms with van der Waals surface area (Å²) < 4.78 is 21.0. The summed E-state index contributed by atoms with van der Waals surface area (Å²) in [6.45, 7) is 6.34. The van der Waals surface area contributed by atoms with E-state index in [2.05, 4.69) is 65.3 Å². The Morgan fingerprint density at radius 1 is 0.957 bits per heavy atom. The molecule has 0 aliphatic carbocycles. The molecule has 11 nitrogen and oxygen atoms in total. The zero-order valence-electron chi connectivity index (χ0n) is 26.4. The first-order valence-corrected chi connectivity index (χ1v) is 17.3. The number of benzene rings is 3. The topological polar surface area (TPSA) is 138 Å². The Morgan fingerprint density at radius 2 is 1.57 bits per heavy atom. The normalized spacial score (nSPS) is 19.9. The molecule has 242 valence electrons. The molecule has 0 spiro atoms. The number of amides is 1. The zero-order chi connectivity index (χ0) is 33.0. The van der Waals surface area contributed by atoms with Crippen LogP contribution in [0, 0.1) is 0 Å². The number of aromatic nitrogens is 4. The molecule has 0 saturated carbocycles. The Morgan fingerprint density at radius 3 is 2.17 bits per heavy atom. The molecule has 0 bridgehead atoms. The smallest absolute Gasteiger partial charge is 0.261 e. The number of aldehydes is 1. The maximum absolute atomic E-state index is 12.9. The van der Waals surface area contributed by atoms with Gasteiger partial charge in [0.25, 0.3) is 14.2 Å². The van der Waals surface area contributed by atoms with Gasteiger partial charge in [0.05, 0.1) is 12.9 Å². The van der Waals surface area contributed by atoms with Gasteiger partial charge in [-0.05, 0) is 27.5 Å². The molecule has 5 aromatic rings. The van der Waals surface area contributed by atoms with Crippen LogP contribution in [0.5, 0.6) is 0 Å². The van der Waals surface area contributed by atoms with E-state index in [0.717, 1.165) is 10.4 Å². The first-order chi connectivity index (χ1) is 22.7. The van der Waals surface area contributed by atoms with Crippen molar-refractivity contribution >= 4 is 47.9 Å². The average molecular weight is 652 g/mol. The highest BCUT2D eigenvalue weighted by Gasteiger charge is 2.53. The van der Waals surface area contributed by atoms with Gasteiger partial charge < -0.3 is 29.1 Å². The zero-order valence-corrected chi connectivity index (χ0v) is 27.4. The second-order valence-electron chi connectivity index (χ2n) is 12.4. The van der Waals surface area contributed by atoms with Crippen LogP contribution in [0.15, 0.2) is 104 Å². The van der Waals surface area contributed by atoms with Gasteiger partial charge in [-0.25, -0.2) is 15.0 Å². The highest BCUT2D eigenvalue weighted by atomic mass is 28.4. The number of aliphatic hydroxyl groups is 1. The monoisotopic (exact) mass is 651 g/mol. The van der Waals surface area contributed by atoms with Gasteiger partial charge in [0, 0.05) is 5.56 Å². The molecule has 12 heteroatoms. The quantitative estimate of drug-likeness (QED) is 0.162. The number of imidazole rings is 1. The Hall–Kier alpha value is -4.59. The number of anilines is 1. The summed E-state index contributed by atoms with van der Waals surface area (Å²) in [7, 11) is -2.95. The predicted octanol–water partition coefficient (Wildman–Crippen LogP) is 3.50. The molecule has 6 rings (SSSR count). The number of carbonyl (C=O) groups excluding carboxylic acids is 2. The number of hydrogen-bond donors (Lipinski definition) is 2. The van der Waals surface area contributed by atoms with Gasteiger partial charge in [-0.3, -0.25) is 9.36 Å². The summed E-state index contributed by atoms with van der Waals surface area (Å²) >= 11 is 0. The van der Waals surface area contributed by atoms with Crippen LogP contribution in [0.4, 0.5) is 5.82 Å². The molecule has 0 radical (unpaired) electrons. The van der Waals surface area contributed by atoms with Crippen LogP contribution in [-0.4, -0.2) is 76.7 Å². The van der Waals surface area contributed by atoms with Crippen molar-refractivity contribution in [3.63, 3.8) is 0 Å². The summed E-state index contributed by atoms with van der Waals surface area (Å²) in [5, 5.41) is 16.3. The molecule has 2 unspecified atom stereocenters. The molecular formula is C35H37N5O6Si. The van der Waals surface area contributed by atoms with E-state index in [1.807, 2.05) is 42.5 Å². The third-order valence-corrected chi connectivity index (χ3v) is 13.5. The Kier molecular flexibility index (Phi) is 9.39. The summed E-state index contributed by atoms with van der Waals surface area (Å²) in [5.41, 5.74) is 1.15. The van der Waals surface area contributed by atoms with Crippen LogP contribution in [-0.2, 0) is 18.7 Å². The number of nitrogens with one attached hydrogen (secondary N) is 1. The van der Waals surface area contributed by atoms with Crippen LogP contribution in [0.2, 0.25) is 5.04 Å². The number of nitrogens with zero attached hydrogens (tertiary/aromatic N) is 4. The molecule has 1 aliphatic rings. The standard InChI is InChI=1S/C35H37N5O6Si/c1-35(2,3)47(25-15-9-5-10-16-25,26-17-11-6-12-18-26)45-21-27-29(42)30(44-20-19-41)34(46-27)40-23-38-28-31(36-22-37-32(28)40)39-33(43)24-13-7-4-8-14-24/h4-19,22-23,27,29-30,34,42H,20-21H2,1-3H3,(H,36,37,39,43)/t27-,29?,30?,34-/m1/s1. The third-order valence-electron chi connectivity index (χ3n) is 8.45. The van der Waals surface area contributed by atoms with Crippen LogP contribution >= 0.6 is 0 Å². The number of carbonyl (C=O) groups is 2. The van der Waals surface area contributed by atoms with E-state index < -0.39 is 32.9 Å². The maximum atomic E-state index is 12.9. The van der Waals surface area contributed by atoms with Crippen molar-refractivity contribution in [1.29, 1.82) is 0 Å². The molecule has 1 aliphatic heterocycles. The highest BCUT2D eigenvalue weighted by molar-refractivity contribution is 6.99. The SMILES string of the molecule is CC(C)(C)[Si](OC[C@H]1O[C@@H](n2cnc3c(NC(=O)c4ccccc4)ncnc32)C(OCC=O)C1O)(c1ccccc1)c1ccccc1. The molecule has 1 saturated heterocycles. The minimum Gasteiger partial charge on any atom is -0.405 e. The summed E-state index contributed by atoms with van der Waals surface area (Å²) in [6, 6.07) is 29.2. The third kappa shape index (κ3) is 6.25. The summed E-state index contributed by atoms with van der Waals surface area (Å²) in [6.07, 6.45) is -0.362. The van der Waals surface area contributed by atoms with Gasteiger partial charge in [0.15, 0.2) is 23.2 Å². The van der Waals surface area contributed by atoms with E-state index in [9.17, 15) is 14.7 Å². The van der Waals surface area contributed by atoms with Crippen molar-refractivity contribution in [2.45, 2.75) is 50.3 Å². The summed E-state index contributed by atoms with van der Waals surface area (Å²) in [5.74, 6) is -0.126. The lowest BCUT2D eigenvalue weighted by Crippen LogP contribution is -2.67. The van der Waals surface area contributed by atoms with E-state index in [-0.39, 0.29) is 30.0 Å². The van der Waals surface area contributed by atoms with E-state index in [1.54, 1.807) is 28.8 Å². The van der Waals surface area contributed by atoms with Crippen molar-refractivity contribution in [3.05, 3.63) is 109 Å². The van der Waals surface area contributed by atoms with Crippen molar-refractivity contribution in [3.8, 4) is 0 Å².